The topological polar surface area (TPSA) is 62.3 Å². The van der Waals surface area contributed by atoms with E-state index in [1.807, 2.05) is 21.0 Å². The molecule has 1 unspecified atom stereocenters. The molecule has 0 spiro atoms. The molecule has 1 aliphatic rings. The second-order valence-corrected chi connectivity index (χ2v) is 6.43. The fraction of sp³-hybridized carbons (Fsp3) is 0.929. The lowest BCUT2D eigenvalue weighted by molar-refractivity contribution is -0.0510. The van der Waals surface area contributed by atoms with E-state index in [9.17, 15) is 0 Å². The van der Waals surface area contributed by atoms with Crippen molar-refractivity contribution in [1.82, 2.24) is 4.90 Å². The van der Waals surface area contributed by atoms with Crippen molar-refractivity contribution < 1.29 is 4.74 Å². The van der Waals surface area contributed by atoms with Crippen molar-refractivity contribution in [2.45, 2.75) is 52.1 Å². The summed E-state index contributed by atoms with van der Waals surface area (Å²) in [5.41, 5.74) is 5.46. The van der Waals surface area contributed by atoms with Gasteiger partial charge in [-0.25, -0.2) is 0 Å². The molecule has 1 saturated heterocycles. The maximum atomic E-state index is 7.56. The van der Waals surface area contributed by atoms with E-state index in [-0.39, 0.29) is 11.0 Å². The molecule has 3 N–H and O–H groups in total. The van der Waals surface area contributed by atoms with Gasteiger partial charge in [0, 0.05) is 19.1 Å². The molecular weight excluding hydrogens is 226 g/mol. The van der Waals surface area contributed by atoms with Crippen LogP contribution >= 0.6 is 0 Å². The second kappa shape index (κ2) is 6.02. The summed E-state index contributed by atoms with van der Waals surface area (Å²) in [4.78, 5) is 2.48. The lowest BCUT2D eigenvalue weighted by Crippen LogP contribution is -2.47. The van der Waals surface area contributed by atoms with Crippen molar-refractivity contribution in [2.24, 2.45) is 11.1 Å². The van der Waals surface area contributed by atoms with Gasteiger partial charge in [0.15, 0.2) is 0 Å². The molecule has 4 heteroatoms. The Bertz CT molecular complexity index is 291. The highest BCUT2D eigenvalue weighted by Gasteiger charge is 2.30. The van der Waals surface area contributed by atoms with E-state index >= 15 is 0 Å². The highest BCUT2D eigenvalue weighted by atomic mass is 16.5. The van der Waals surface area contributed by atoms with Crippen LogP contribution in [0.3, 0.4) is 0 Å². The summed E-state index contributed by atoms with van der Waals surface area (Å²) < 4.78 is 5.60. The van der Waals surface area contributed by atoms with Crippen LogP contribution in [0, 0.1) is 10.8 Å². The summed E-state index contributed by atoms with van der Waals surface area (Å²) in [5, 5.41) is 7.56. The number of hydrogen-bond acceptors (Lipinski definition) is 3. The van der Waals surface area contributed by atoms with Gasteiger partial charge < -0.3 is 15.4 Å². The van der Waals surface area contributed by atoms with Gasteiger partial charge in [-0.1, -0.05) is 13.8 Å². The van der Waals surface area contributed by atoms with Gasteiger partial charge in [0.25, 0.3) is 0 Å². The molecule has 0 aromatic carbocycles. The Morgan fingerprint density at radius 1 is 1.50 bits per heavy atom. The third kappa shape index (κ3) is 4.25. The number of piperidine rings is 1. The maximum absolute atomic E-state index is 7.56. The molecule has 1 aliphatic heterocycles. The number of nitrogens with zero attached hydrogens (tertiary/aromatic N) is 1. The summed E-state index contributed by atoms with van der Waals surface area (Å²) in [6.07, 6.45) is 4.42. The Balaban J connectivity index is 2.34. The zero-order valence-electron chi connectivity index (χ0n) is 12.4. The molecule has 0 amide bonds. The molecule has 0 aromatic rings. The van der Waals surface area contributed by atoms with Gasteiger partial charge in [0.05, 0.1) is 11.4 Å². The maximum Gasteiger partial charge on any atom is 0.0963 e. The van der Waals surface area contributed by atoms with Gasteiger partial charge >= 0.3 is 0 Å². The van der Waals surface area contributed by atoms with Crippen LogP contribution in [0.5, 0.6) is 0 Å². The molecule has 1 rings (SSSR count). The molecule has 4 nitrogen and oxygen atoms in total. The number of amidine groups is 1. The van der Waals surface area contributed by atoms with Crippen LogP contribution in [-0.2, 0) is 4.74 Å². The second-order valence-electron chi connectivity index (χ2n) is 6.43. The van der Waals surface area contributed by atoms with Gasteiger partial charge in [0.2, 0.25) is 0 Å². The van der Waals surface area contributed by atoms with E-state index in [1.165, 1.54) is 13.0 Å². The lowest BCUT2D eigenvalue weighted by atomic mass is 9.86. The van der Waals surface area contributed by atoms with Crippen LogP contribution in [0.4, 0.5) is 0 Å². The molecule has 0 aliphatic carbocycles. The van der Waals surface area contributed by atoms with Gasteiger partial charge in [0.1, 0.15) is 0 Å². The van der Waals surface area contributed by atoms with Crippen LogP contribution in [0.25, 0.3) is 0 Å². The molecule has 0 radical (unpaired) electrons. The highest BCUT2D eigenvalue weighted by molar-refractivity contribution is 5.82. The zero-order chi connectivity index (χ0) is 13.8. The minimum absolute atomic E-state index is 0.0222. The van der Waals surface area contributed by atoms with Gasteiger partial charge in [-0.15, -0.1) is 0 Å². The van der Waals surface area contributed by atoms with Crippen molar-refractivity contribution in [2.75, 3.05) is 26.7 Å². The predicted molar refractivity (Wildman–Crippen MR) is 76.0 cm³/mol. The molecule has 106 valence electrons. The summed E-state index contributed by atoms with van der Waals surface area (Å²) in [6, 6.07) is 0. The van der Waals surface area contributed by atoms with Crippen molar-refractivity contribution in [3.63, 3.8) is 0 Å². The minimum Gasteiger partial charge on any atom is -0.387 e. The minimum atomic E-state index is -0.166. The summed E-state index contributed by atoms with van der Waals surface area (Å²) in [5.74, 6) is 0.294. The highest BCUT2D eigenvalue weighted by Crippen LogP contribution is 2.26. The number of methoxy groups -OCH3 is 1. The van der Waals surface area contributed by atoms with Gasteiger partial charge in [-0.05, 0) is 45.7 Å². The largest absolute Gasteiger partial charge is 0.387 e. The number of ether oxygens (including phenoxy) is 1. The predicted octanol–water partition coefficient (Wildman–Crippen LogP) is 2.23. The number of hydrogen-bond donors (Lipinski definition) is 2. The van der Waals surface area contributed by atoms with Gasteiger partial charge in [-0.2, -0.15) is 0 Å². The molecule has 0 saturated carbocycles. The average molecular weight is 255 g/mol. The molecule has 18 heavy (non-hydrogen) atoms. The first-order valence-electron chi connectivity index (χ1n) is 6.91. The van der Waals surface area contributed by atoms with Crippen molar-refractivity contribution in [3.05, 3.63) is 0 Å². The first-order valence-corrected chi connectivity index (χ1v) is 6.91. The molecule has 0 bridgehead atoms. The summed E-state index contributed by atoms with van der Waals surface area (Å²) >= 11 is 0. The summed E-state index contributed by atoms with van der Waals surface area (Å²) in [7, 11) is 1.81. The van der Waals surface area contributed by atoms with Crippen LogP contribution in [0.1, 0.15) is 46.5 Å². The van der Waals surface area contributed by atoms with Crippen LogP contribution in [0.2, 0.25) is 0 Å². The summed E-state index contributed by atoms with van der Waals surface area (Å²) in [6.45, 7) is 9.55. The average Bonchev–Trinajstić information content (AvgIpc) is 2.29. The zero-order valence-corrected chi connectivity index (χ0v) is 12.4. The molecular formula is C14H29N3O. The van der Waals surface area contributed by atoms with Crippen LogP contribution < -0.4 is 5.73 Å². The quantitative estimate of drug-likeness (QED) is 0.565. The van der Waals surface area contributed by atoms with E-state index in [4.69, 9.17) is 15.9 Å². The first-order chi connectivity index (χ1) is 8.29. The van der Waals surface area contributed by atoms with E-state index in [0.29, 0.717) is 5.84 Å². The van der Waals surface area contributed by atoms with Crippen molar-refractivity contribution in [1.29, 1.82) is 5.41 Å². The molecule has 1 atom stereocenters. The first kappa shape index (κ1) is 15.4. The van der Waals surface area contributed by atoms with Crippen LogP contribution in [-0.4, -0.2) is 43.1 Å². The van der Waals surface area contributed by atoms with Crippen LogP contribution in [0.15, 0.2) is 0 Å². The SMILES string of the molecule is COC1(C)CCCN(CCCC(C)(C)C(=N)N)C1. The van der Waals surface area contributed by atoms with E-state index in [2.05, 4.69) is 11.8 Å². The Morgan fingerprint density at radius 3 is 2.72 bits per heavy atom. The monoisotopic (exact) mass is 255 g/mol. The number of likely N-dealkylation sites (tertiary alicyclic amines) is 1. The standard InChI is InChI=1S/C14H29N3O/c1-13(2,12(15)16)7-5-9-17-10-6-8-14(3,11-17)18-4/h5-11H2,1-4H3,(H3,15,16). The smallest absolute Gasteiger partial charge is 0.0963 e. The van der Waals surface area contributed by atoms with Gasteiger partial charge in [-0.3, -0.25) is 5.41 Å². The molecule has 1 heterocycles. The van der Waals surface area contributed by atoms with E-state index in [0.717, 1.165) is 32.4 Å². The third-order valence-corrected chi connectivity index (χ3v) is 4.24. The van der Waals surface area contributed by atoms with Crippen molar-refractivity contribution in [3.8, 4) is 0 Å². The third-order valence-electron chi connectivity index (χ3n) is 4.24. The van der Waals surface area contributed by atoms with Crippen molar-refractivity contribution >= 4 is 5.84 Å². The molecule has 0 aromatic heterocycles. The Morgan fingerprint density at radius 2 is 2.17 bits per heavy atom. The van der Waals surface area contributed by atoms with E-state index < -0.39 is 0 Å². The fourth-order valence-corrected chi connectivity index (χ4v) is 2.54. The number of nitrogens with two attached hydrogens (primary N) is 1. The number of nitrogens with one attached hydrogen (secondary N) is 1. The Labute approximate surface area is 111 Å². The van der Waals surface area contributed by atoms with E-state index in [1.54, 1.807) is 0 Å². The Kier molecular flexibility index (Phi) is 5.17. The normalized spacial score (nSPS) is 26.2. The lowest BCUT2D eigenvalue weighted by Gasteiger charge is -2.39. The molecule has 1 fully saturated rings. The number of rotatable bonds is 6. The Hall–Kier alpha value is -0.610. The fourth-order valence-electron chi connectivity index (χ4n) is 2.54.